The van der Waals surface area contributed by atoms with Crippen LogP contribution < -0.4 is 0 Å². The Morgan fingerprint density at radius 3 is 0.800 bits per heavy atom. The molecule has 0 radical (unpaired) electrons. The molecular formula is C10H8Cl2O8. The number of hydrogen-bond acceptors (Lipinski definition) is 4. The van der Waals surface area contributed by atoms with Crippen molar-refractivity contribution in [2.24, 2.45) is 0 Å². The Hall–Kier alpha value is -2.32. The Balaban J connectivity index is 0. The summed E-state index contributed by atoms with van der Waals surface area (Å²) in [4.78, 5) is 43.1. The Labute approximate surface area is 123 Å². The first-order valence-electron chi connectivity index (χ1n) is 4.37. The van der Waals surface area contributed by atoms with Gasteiger partial charge in [-0.3, -0.25) is 0 Å². The van der Waals surface area contributed by atoms with E-state index in [9.17, 15) is 19.2 Å². The molecule has 0 aromatic heterocycles. The molecule has 4 N–H and O–H groups in total. The summed E-state index contributed by atoms with van der Waals surface area (Å²) in [5, 5.41) is 35.0. The average Bonchev–Trinajstić information content (AvgIpc) is 2.26. The van der Waals surface area contributed by atoms with Gasteiger partial charge in [0.05, 0.1) is 22.3 Å². The highest BCUT2D eigenvalue weighted by Gasteiger charge is 2.24. The van der Waals surface area contributed by atoms with E-state index in [2.05, 4.69) is 0 Å². The van der Waals surface area contributed by atoms with Gasteiger partial charge in [-0.15, -0.1) is 24.8 Å². The van der Waals surface area contributed by atoms with Crippen molar-refractivity contribution in [1.82, 2.24) is 0 Å². The van der Waals surface area contributed by atoms with E-state index in [1.165, 1.54) is 0 Å². The van der Waals surface area contributed by atoms with Gasteiger partial charge in [0.15, 0.2) is 0 Å². The van der Waals surface area contributed by atoms with Crippen LogP contribution in [-0.2, 0) is 0 Å². The fraction of sp³-hybridized carbons (Fsp3) is 0. The van der Waals surface area contributed by atoms with E-state index in [4.69, 9.17) is 20.4 Å². The van der Waals surface area contributed by atoms with Gasteiger partial charge in [-0.25, -0.2) is 19.2 Å². The molecule has 1 aromatic carbocycles. The predicted octanol–water partition coefficient (Wildman–Crippen LogP) is 1.32. The Kier molecular flexibility index (Phi) is 7.32. The number of carbonyl (C=O) groups is 4. The number of hydrogen-bond donors (Lipinski definition) is 4. The number of carboxylic acid groups (broad SMARTS) is 4. The lowest BCUT2D eigenvalue weighted by Gasteiger charge is -2.06. The molecule has 0 aliphatic carbocycles. The highest BCUT2D eigenvalue weighted by molar-refractivity contribution is 6.09. The van der Waals surface area contributed by atoms with Crippen LogP contribution in [0, 0.1) is 0 Å². The van der Waals surface area contributed by atoms with Gasteiger partial charge in [0.25, 0.3) is 0 Å². The van der Waals surface area contributed by atoms with Crippen molar-refractivity contribution in [3.63, 3.8) is 0 Å². The maximum absolute atomic E-state index is 10.8. The van der Waals surface area contributed by atoms with Crippen LogP contribution in [0.15, 0.2) is 12.1 Å². The zero-order chi connectivity index (χ0) is 14.0. The SMILES string of the molecule is Cl.Cl.O=C(O)c1cc(C(=O)O)c(C(=O)O)cc1C(=O)O. The third-order valence-electron chi connectivity index (χ3n) is 2.08. The molecule has 1 rings (SSSR count). The number of benzene rings is 1. The molecule has 0 bridgehead atoms. The van der Waals surface area contributed by atoms with Gasteiger partial charge in [0.1, 0.15) is 0 Å². The highest BCUT2D eigenvalue weighted by atomic mass is 35.5. The first-order valence-corrected chi connectivity index (χ1v) is 4.37. The zero-order valence-electron chi connectivity index (χ0n) is 9.39. The van der Waals surface area contributed by atoms with E-state index in [1.807, 2.05) is 0 Å². The molecule has 0 unspecified atom stereocenters. The van der Waals surface area contributed by atoms with E-state index in [0.717, 1.165) is 0 Å². The van der Waals surface area contributed by atoms with Crippen molar-refractivity contribution in [3.8, 4) is 0 Å². The van der Waals surface area contributed by atoms with Gasteiger partial charge in [-0.05, 0) is 12.1 Å². The second kappa shape index (κ2) is 7.31. The first-order chi connectivity index (χ1) is 8.25. The fourth-order valence-electron chi connectivity index (χ4n) is 1.31. The molecule has 0 atom stereocenters. The van der Waals surface area contributed by atoms with E-state index in [0.29, 0.717) is 12.1 Å². The molecule has 0 aliphatic heterocycles. The normalized spacial score (nSPS) is 8.80. The molecular weight excluding hydrogens is 319 g/mol. The topological polar surface area (TPSA) is 149 Å². The molecule has 0 heterocycles. The van der Waals surface area contributed by atoms with Gasteiger partial charge in [0, 0.05) is 0 Å². The summed E-state index contributed by atoms with van der Waals surface area (Å²) in [6.45, 7) is 0. The molecule has 0 saturated carbocycles. The third-order valence-corrected chi connectivity index (χ3v) is 2.08. The molecule has 8 nitrogen and oxygen atoms in total. The van der Waals surface area contributed by atoms with Crippen LogP contribution >= 0.6 is 24.8 Å². The largest absolute Gasteiger partial charge is 0.478 e. The molecule has 1 aromatic rings. The minimum absolute atomic E-state index is 0. The Morgan fingerprint density at radius 1 is 0.550 bits per heavy atom. The Morgan fingerprint density at radius 2 is 0.700 bits per heavy atom. The first kappa shape index (κ1) is 20.0. The minimum atomic E-state index is -1.66. The number of halogens is 2. The molecule has 20 heavy (non-hydrogen) atoms. The van der Waals surface area contributed by atoms with Crippen molar-refractivity contribution < 1.29 is 39.6 Å². The summed E-state index contributed by atoms with van der Waals surface area (Å²) in [7, 11) is 0. The molecule has 0 saturated heterocycles. The van der Waals surface area contributed by atoms with Crippen LogP contribution in [0.2, 0.25) is 0 Å². The fourth-order valence-corrected chi connectivity index (χ4v) is 1.31. The predicted molar refractivity (Wildman–Crippen MR) is 68.8 cm³/mol. The number of carboxylic acids is 4. The molecule has 0 amide bonds. The van der Waals surface area contributed by atoms with Gasteiger partial charge in [-0.2, -0.15) is 0 Å². The lowest BCUT2D eigenvalue weighted by Crippen LogP contribution is -2.15. The zero-order valence-corrected chi connectivity index (χ0v) is 11.0. The lowest BCUT2D eigenvalue weighted by molar-refractivity contribution is 0.0637. The maximum Gasteiger partial charge on any atom is 0.336 e. The molecule has 0 spiro atoms. The summed E-state index contributed by atoms with van der Waals surface area (Å²) in [6.07, 6.45) is 0. The maximum atomic E-state index is 10.8. The van der Waals surface area contributed by atoms with Gasteiger partial charge in [0.2, 0.25) is 0 Å². The van der Waals surface area contributed by atoms with Crippen LogP contribution in [0.4, 0.5) is 0 Å². The van der Waals surface area contributed by atoms with Crippen molar-refractivity contribution in [3.05, 3.63) is 34.4 Å². The van der Waals surface area contributed by atoms with Crippen LogP contribution in [0.25, 0.3) is 0 Å². The van der Waals surface area contributed by atoms with Crippen molar-refractivity contribution >= 4 is 48.7 Å². The summed E-state index contributed by atoms with van der Waals surface area (Å²) in [5.41, 5.74) is -3.15. The summed E-state index contributed by atoms with van der Waals surface area (Å²) in [6, 6.07) is 1.02. The highest BCUT2D eigenvalue weighted by Crippen LogP contribution is 2.18. The van der Waals surface area contributed by atoms with Crippen molar-refractivity contribution in [1.29, 1.82) is 0 Å². The number of rotatable bonds is 4. The summed E-state index contributed by atoms with van der Waals surface area (Å²) >= 11 is 0. The minimum Gasteiger partial charge on any atom is -0.478 e. The van der Waals surface area contributed by atoms with E-state index in [-0.39, 0.29) is 24.8 Å². The van der Waals surface area contributed by atoms with E-state index in [1.54, 1.807) is 0 Å². The van der Waals surface area contributed by atoms with Crippen LogP contribution in [0.5, 0.6) is 0 Å². The monoisotopic (exact) mass is 326 g/mol. The lowest BCUT2D eigenvalue weighted by atomic mass is 9.98. The Bertz CT molecular complexity index is 483. The summed E-state index contributed by atoms with van der Waals surface area (Å²) < 4.78 is 0. The van der Waals surface area contributed by atoms with Crippen LogP contribution in [0.1, 0.15) is 41.4 Å². The second-order valence-electron chi connectivity index (χ2n) is 3.16. The van der Waals surface area contributed by atoms with Crippen LogP contribution in [0.3, 0.4) is 0 Å². The van der Waals surface area contributed by atoms with Gasteiger partial charge >= 0.3 is 23.9 Å². The van der Waals surface area contributed by atoms with Gasteiger partial charge in [-0.1, -0.05) is 0 Å². The molecule has 0 aliphatic rings. The van der Waals surface area contributed by atoms with Crippen LogP contribution in [-0.4, -0.2) is 44.3 Å². The molecule has 0 fully saturated rings. The quantitative estimate of drug-likeness (QED) is 0.647. The second-order valence-corrected chi connectivity index (χ2v) is 3.16. The molecule has 110 valence electrons. The van der Waals surface area contributed by atoms with Gasteiger partial charge < -0.3 is 20.4 Å². The number of aromatic carboxylic acids is 4. The smallest absolute Gasteiger partial charge is 0.336 e. The van der Waals surface area contributed by atoms with Crippen molar-refractivity contribution in [2.45, 2.75) is 0 Å². The van der Waals surface area contributed by atoms with E-state index >= 15 is 0 Å². The summed E-state index contributed by atoms with van der Waals surface area (Å²) in [5.74, 6) is -6.64. The molecule has 10 heteroatoms. The standard InChI is InChI=1S/C10H6O8.2ClH/c11-7(12)3-1-4(8(13)14)6(10(17)18)2-5(3)9(15)16;;/h1-2H,(H,11,12)(H,13,14)(H,15,16)(H,17,18);2*1H. The van der Waals surface area contributed by atoms with E-state index < -0.39 is 46.1 Å². The average molecular weight is 327 g/mol. The van der Waals surface area contributed by atoms with Crippen molar-refractivity contribution in [2.75, 3.05) is 0 Å². The third kappa shape index (κ3) is 3.84.